The second-order valence-electron chi connectivity index (χ2n) is 8.98. The maximum absolute atomic E-state index is 13.0. The van der Waals surface area contributed by atoms with Crippen molar-refractivity contribution in [3.8, 4) is 11.1 Å². The Morgan fingerprint density at radius 1 is 1.18 bits per heavy atom. The van der Waals surface area contributed by atoms with Crippen molar-refractivity contribution in [2.24, 2.45) is 5.92 Å². The van der Waals surface area contributed by atoms with Crippen LogP contribution in [-0.2, 0) is 4.79 Å². The highest BCUT2D eigenvalue weighted by Gasteiger charge is 2.33. The van der Waals surface area contributed by atoms with Crippen LogP contribution in [0.4, 0.5) is 5.82 Å². The van der Waals surface area contributed by atoms with Gasteiger partial charge in [-0.2, -0.15) is 0 Å². The maximum atomic E-state index is 13.0. The van der Waals surface area contributed by atoms with E-state index in [1.807, 2.05) is 18.3 Å². The monoisotopic (exact) mass is 467 g/mol. The number of amides is 1. The van der Waals surface area contributed by atoms with Crippen LogP contribution in [-0.4, -0.2) is 62.5 Å². The van der Waals surface area contributed by atoms with Crippen LogP contribution < -0.4 is 10.6 Å². The lowest BCUT2D eigenvalue weighted by atomic mass is 9.89. The molecule has 174 valence electrons. The maximum Gasteiger partial charge on any atom is 0.227 e. The molecule has 9 heteroatoms. The van der Waals surface area contributed by atoms with E-state index in [0.29, 0.717) is 23.1 Å². The van der Waals surface area contributed by atoms with Gasteiger partial charge in [0.2, 0.25) is 5.91 Å². The van der Waals surface area contributed by atoms with Crippen LogP contribution in [0.3, 0.4) is 0 Å². The molecule has 2 aliphatic rings. The van der Waals surface area contributed by atoms with Gasteiger partial charge in [0.15, 0.2) is 5.65 Å². The molecule has 0 radical (unpaired) electrons. The molecule has 2 fully saturated rings. The quantitative estimate of drug-likeness (QED) is 0.476. The number of halogens is 1. The molecule has 0 bridgehead atoms. The number of nitrogens with one attached hydrogen (secondary N) is 3. The second-order valence-corrected chi connectivity index (χ2v) is 9.37. The van der Waals surface area contributed by atoms with Crippen molar-refractivity contribution in [2.45, 2.75) is 51.1 Å². The molecule has 1 amide bonds. The molecule has 1 saturated carbocycles. The van der Waals surface area contributed by atoms with Gasteiger partial charge in [-0.3, -0.25) is 9.78 Å². The summed E-state index contributed by atoms with van der Waals surface area (Å²) in [4.78, 5) is 31.5. The Bertz CT molecular complexity index is 1120. The third-order valence-electron chi connectivity index (χ3n) is 6.93. The number of pyridine rings is 1. The SMILES string of the molecule is CCN(C(=O)C1CCNC1)[C@H]1CC[C@H](Nc2cc(-c3c[nH]c4nccnc34)cc(Cl)n2)CC1. The number of nitrogens with zero attached hydrogens (tertiary/aromatic N) is 4. The normalized spacial score (nSPS) is 23.0. The van der Waals surface area contributed by atoms with Crippen molar-refractivity contribution in [3.63, 3.8) is 0 Å². The summed E-state index contributed by atoms with van der Waals surface area (Å²) >= 11 is 6.37. The minimum absolute atomic E-state index is 0.143. The van der Waals surface area contributed by atoms with Crippen molar-refractivity contribution in [1.29, 1.82) is 0 Å². The number of H-pyrrole nitrogens is 1. The first-order valence-corrected chi connectivity index (χ1v) is 12.2. The molecule has 1 atom stereocenters. The summed E-state index contributed by atoms with van der Waals surface area (Å²) < 4.78 is 0. The van der Waals surface area contributed by atoms with E-state index < -0.39 is 0 Å². The molecular formula is C24H30ClN7O. The number of fused-ring (bicyclic) bond motifs is 1. The number of hydrogen-bond donors (Lipinski definition) is 3. The molecule has 0 aromatic carbocycles. The highest BCUT2D eigenvalue weighted by molar-refractivity contribution is 6.29. The zero-order chi connectivity index (χ0) is 22.8. The van der Waals surface area contributed by atoms with Crippen molar-refractivity contribution in [2.75, 3.05) is 25.0 Å². The van der Waals surface area contributed by atoms with E-state index in [1.54, 1.807) is 12.4 Å². The third-order valence-corrected chi connectivity index (χ3v) is 7.13. The van der Waals surface area contributed by atoms with Gasteiger partial charge in [0.25, 0.3) is 0 Å². The second kappa shape index (κ2) is 9.65. The van der Waals surface area contributed by atoms with E-state index in [0.717, 1.165) is 79.8 Å². The van der Waals surface area contributed by atoms with Crippen LogP contribution in [0.5, 0.6) is 0 Å². The first-order chi connectivity index (χ1) is 16.1. The Morgan fingerprint density at radius 2 is 2.00 bits per heavy atom. The van der Waals surface area contributed by atoms with Crippen molar-refractivity contribution in [3.05, 3.63) is 35.9 Å². The molecule has 4 heterocycles. The number of carbonyl (C=O) groups is 1. The molecule has 1 saturated heterocycles. The van der Waals surface area contributed by atoms with Gasteiger partial charge in [-0.25, -0.2) is 9.97 Å². The molecule has 0 spiro atoms. The Kier molecular flexibility index (Phi) is 6.46. The van der Waals surface area contributed by atoms with Crippen LogP contribution in [0.25, 0.3) is 22.3 Å². The van der Waals surface area contributed by atoms with E-state index >= 15 is 0 Å². The largest absolute Gasteiger partial charge is 0.367 e. The molecule has 3 aromatic heterocycles. The highest BCUT2D eigenvalue weighted by atomic mass is 35.5. The number of aromatic nitrogens is 4. The zero-order valence-electron chi connectivity index (χ0n) is 18.9. The van der Waals surface area contributed by atoms with Crippen molar-refractivity contribution in [1.82, 2.24) is 30.2 Å². The first kappa shape index (κ1) is 22.1. The van der Waals surface area contributed by atoms with Crippen LogP contribution in [0.2, 0.25) is 5.15 Å². The Balaban J connectivity index is 1.25. The van der Waals surface area contributed by atoms with E-state index in [9.17, 15) is 4.79 Å². The fraction of sp³-hybridized carbons (Fsp3) is 0.500. The van der Waals surface area contributed by atoms with Gasteiger partial charge in [0.1, 0.15) is 16.5 Å². The third kappa shape index (κ3) is 4.68. The van der Waals surface area contributed by atoms with Crippen LogP contribution >= 0.6 is 11.6 Å². The summed E-state index contributed by atoms with van der Waals surface area (Å²) in [7, 11) is 0. The number of hydrogen-bond acceptors (Lipinski definition) is 6. The van der Waals surface area contributed by atoms with E-state index in [1.165, 1.54) is 0 Å². The predicted octanol–water partition coefficient (Wildman–Crippen LogP) is 3.85. The van der Waals surface area contributed by atoms with Gasteiger partial charge >= 0.3 is 0 Å². The lowest BCUT2D eigenvalue weighted by Gasteiger charge is -2.38. The topological polar surface area (TPSA) is 98.8 Å². The fourth-order valence-electron chi connectivity index (χ4n) is 5.23. The van der Waals surface area contributed by atoms with Crippen molar-refractivity contribution >= 4 is 34.5 Å². The lowest BCUT2D eigenvalue weighted by Crippen LogP contribution is -2.46. The van der Waals surface area contributed by atoms with Crippen LogP contribution in [0.1, 0.15) is 39.0 Å². The number of carbonyl (C=O) groups excluding carboxylic acids is 1. The standard InChI is InChI=1S/C24H30ClN7O/c1-2-32(24(33)15-7-8-26-13-15)18-5-3-17(4-6-18)30-21-12-16(11-20(25)31-21)19-14-29-23-22(19)27-9-10-28-23/h9-12,14-15,17-18,26H,2-8,13H2,1H3,(H,28,29)(H,30,31)/t15?,17-,18-. The summed E-state index contributed by atoms with van der Waals surface area (Å²) in [5.41, 5.74) is 3.46. The minimum atomic E-state index is 0.143. The first-order valence-electron chi connectivity index (χ1n) is 11.9. The molecule has 8 nitrogen and oxygen atoms in total. The lowest BCUT2D eigenvalue weighted by molar-refractivity contribution is -0.137. The average molecular weight is 468 g/mol. The molecule has 3 aromatic rings. The van der Waals surface area contributed by atoms with E-state index in [4.69, 9.17) is 11.6 Å². The molecule has 33 heavy (non-hydrogen) atoms. The van der Waals surface area contributed by atoms with Crippen LogP contribution in [0, 0.1) is 5.92 Å². The van der Waals surface area contributed by atoms with Crippen molar-refractivity contribution < 1.29 is 4.79 Å². The van der Waals surface area contributed by atoms with Gasteiger partial charge in [-0.05, 0) is 63.3 Å². The Labute approximate surface area is 198 Å². The van der Waals surface area contributed by atoms with Gasteiger partial charge in [-0.1, -0.05) is 11.6 Å². The fourth-order valence-corrected chi connectivity index (χ4v) is 5.44. The molecule has 1 aliphatic heterocycles. The summed E-state index contributed by atoms with van der Waals surface area (Å²) in [5.74, 6) is 1.23. The average Bonchev–Trinajstić information content (AvgIpc) is 3.51. The summed E-state index contributed by atoms with van der Waals surface area (Å²) in [6.07, 6.45) is 10.2. The minimum Gasteiger partial charge on any atom is -0.367 e. The predicted molar refractivity (Wildman–Crippen MR) is 130 cm³/mol. The summed E-state index contributed by atoms with van der Waals surface area (Å²) in [5, 5.41) is 7.33. The number of anilines is 1. The van der Waals surface area contributed by atoms with Crippen LogP contribution in [0.15, 0.2) is 30.7 Å². The van der Waals surface area contributed by atoms with Gasteiger partial charge in [0, 0.05) is 49.3 Å². The van der Waals surface area contributed by atoms with E-state index in [2.05, 4.69) is 42.4 Å². The number of aromatic amines is 1. The van der Waals surface area contributed by atoms with E-state index in [-0.39, 0.29) is 5.92 Å². The molecule has 3 N–H and O–H groups in total. The van der Waals surface area contributed by atoms with Gasteiger partial charge < -0.3 is 20.5 Å². The molecule has 1 aliphatic carbocycles. The zero-order valence-corrected chi connectivity index (χ0v) is 19.6. The molecule has 1 unspecified atom stereocenters. The molecule has 5 rings (SSSR count). The van der Waals surface area contributed by atoms with Gasteiger partial charge in [0.05, 0.1) is 5.92 Å². The summed E-state index contributed by atoms with van der Waals surface area (Å²) in [6, 6.07) is 4.51. The Morgan fingerprint density at radius 3 is 2.76 bits per heavy atom. The smallest absolute Gasteiger partial charge is 0.227 e. The number of rotatable bonds is 6. The summed E-state index contributed by atoms with van der Waals surface area (Å²) in [6.45, 7) is 4.64. The highest BCUT2D eigenvalue weighted by Crippen LogP contribution is 2.31. The van der Waals surface area contributed by atoms with Gasteiger partial charge in [-0.15, -0.1) is 0 Å². The Hall–Kier alpha value is -2.71. The molecular weight excluding hydrogens is 438 g/mol.